The minimum Gasteiger partial charge on any atom is -0.335 e. The largest absolute Gasteiger partial charge is 0.335 e. The minimum absolute atomic E-state index is 0.729. The lowest BCUT2D eigenvalue weighted by molar-refractivity contribution is 0.379. The predicted molar refractivity (Wildman–Crippen MR) is 80.3 cm³/mol. The van der Waals surface area contributed by atoms with E-state index in [9.17, 15) is 0 Å². The molecule has 1 saturated carbocycles. The number of aryl methyl sites for hydroxylation is 1. The summed E-state index contributed by atoms with van der Waals surface area (Å²) >= 11 is 0. The van der Waals surface area contributed by atoms with E-state index in [-0.39, 0.29) is 0 Å². The molecule has 0 saturated heterocycles. The zero-order valence-corrected chi connectivity index (χ0v) is 12.6. The summed E-state index contributed by atoms with van der Waals surface area (Å²) in [6.45, 7) is 6.66. The predicted octanol–water partition coefficient (Wildman–Crippen LogP) is 3.39. The second kappa shape index (κ2) is 7.68. The van der Waals surface area contributed by atoms with Crippen LogP contribution in [0.15, 0.2) is 12.4 Å². The molecule has 1 heterocycles. The summed E-state index contributed by atoms with van der Waals surface area (Å²) in [6.07, 6.45) is 13.3. The quantitative estimate of drug-likeness (QED) is 0.797. The molecule has 0 radical (unpaired) electrons. The van der Waals surface area contributed by atoms with E-state index in [0.717, 1.165) is 31.5 Å². The summed E-state index contributed by atoms with van der Waals surface area (Å²) in [5, 5.41) is 3.65. The monoisotopic (exact) mass is 263 g/mol. The summed E-state index contributed by atoms with van der Waals surface area (Å²) in [5.41, 5.74) is 0. The van der Waals surface area contributed by atoms with Crippen LogP contribution >= 0.6 is 0 Å². The van der Waals surface area contributed by atoms with Crippen LogP contribution in [0.25, 0.3) is 0 Å². The molecule has 2 rings (SSSR count). The van der Waals surface area contributed by atoms with Gasteiger partial charge in [0.15, 0.2) is 0 Å². The summed E-state index contributed by atoms with van der Waals surface area (Å²) in [7, 11) is 0. The van der Waals surface area contributed by atoms with Gasteiger partial charge in [0.1, 0.15) is 5.82 Å². The van der Waals surface area contributed by atoms with Crippen molar-refractivity contribution >= 4 is 0 Å². The third kappa shape index (κ3) is 4.34. The Labute approximate surface area is 117 Å². The van der Waals surface area contributed by atoms with Crippen molar-refractivity contribution in [1.82, 2.24) is 14.9 Å². The molecule has 1 aromatic heterocycles. The van der Waals surface area contributed by atoms with Crippen molar-refractivity contribution in [1.29, 1.82) is 0 Å². The van der Waals surface area contributed by atoms with Gasteiger partial charge in [-0.05, 0) is 38.1 Å². The first kappa shape index (κ1) is 14.6. The van der Waals surface area contributed by atoms with Crippen LogP contribution in [0.2, 0.25) is 0 Å². The topological polar surface area (TPSA) is 29.9 Å². The average Bonchev–Trinajstić information content (AvgIpc) is 2.70. The highest BCUT2D eigenvalue weighted by Crippen LogP contribution is 2.26. The van der Waals surface area contributed by atoms with Gasteiger partial charge in [-0.15, -0.1) is 0 Å². The molecule has 2 atom stereocenters. The highest BCUT2D eigenvalue weighted by atomic mass is 15.1. The Kier molecular flexibility index (Phi) is 5.90. The van der Waals surface area contributed by atoms with E-state index >= 15 is 0 Å². The molecule has 1 aliphatic rings. The Morgan fingerprint density at radius 3 is 2.95 bits per heavy atom. The van der Waals surface area contributed by atoms with Gasteiger partial charge < -0.3 is 9.88 Å². The fourth-order valence-corrected chi connectivity index (χ4v) is 3.35. The first-order valence-corrected chi connectivity index (χ1v) is 8.06. The number of nitrogens with one attached hydrogen (secondary N) is 1. The van der Waals surface area contributed by atoms with Crippen LogP contribution in [0.3, 0.4) is 0 Å². The number of nitrogens with zero attached hydrogens (tertiary/aromatic N) is 2. The summed E-state index contributed by atoms with van der Waals surface area (Å²) in [5.74, 6) is 2.11. The fraction of sp³-hybridized carbons (Fsp3) is 0.812. The molecular formula is C16H29N3. The molecule has 0 aliphatic heterocycles. The Morgan fingerprint density at radius 1 is 1.32 bits per heavy atom. The summed E-state index contributed by atoms with van der Waals surface area (Å²) < 4.78 is 2.34. The van der Waals surface area contributed by atoms with Gasteiger partial charge in [-0.1, -0.05) is 26.7 Å². The number of hydrogen-bond donors (Lipinski definition) is 1. The average molecular weight is 263 g/mol. The number of rotatable bonds is 6. The number of imidazole rings is 1. The van der Waals surface area contributed by atoms with Crippen molar-refractivity contribution in [2.75, 3.05) is 6.54 Å². The van der Waals surface area contributed by atoms with Crippen molar-refractivity contribution in [3.8, 4) is 0 Å². The van der Waals surface area contributed by atoms with Gasteiger partial charge in [-0.25, -0.2) is 4.98 Å². The molecule has 1 aromatic rings. The van der Waals surface area contributed by atoms with E-state index in [0.29, 0.717) is 0 Å². The van der Waals surface area contributed by atoms with E-state index < -0.39 is 0 Å². The highest BCUT2D eigenvalue weighted by Gasteiger charge is 2.21. The van der Waals surface area contributed by atoms with E-state index in [1.165, 1.54) is 44.3 Å². The molecule has 0 aromatic carbocycles. The molecule has 0 spiro atoms. The smallest absolute Gasteiger partial charge is 0.108 e. The maximum atomic E-state index is 4.57. The lowest BCUT2D eigenvalue weighted by Crippen LogP contribution is -2.30. The van der Waals surface area contributed by atoms with E-state index in [1.54, 1.807) is 0 Å². The van der Waals surface area contributed by atoms with Crippen LogP contribution in [-0.4, -0.2) is 22.1 Å². The second-order valence-electron chi connectivity index (χ2n) is 5.88. The van der Waals surface area contributed by atoms with E-state index in [1.807, 2.05) is 6.20 Å². The summed E-state index contributed by atoms with van der Waals surface area (Å²) in [6, 6.07) is 0.729. The lowest BCUT2D eigenvalue weighted by Gasteiger charge is -2.20. The molecule has 3 heteroatoms. The Morgan fingerprint density at radius 2 is 2.16 bits per heavy atom. The van der Waals surface area contributed by atoms with Crippen molar-refractivity contribution in [2.45, 2.75) is 71.4 Å². The third-order valence-corrected chi connectivity index (χ3v) is 4.26. The van der Waals surface area contributed by atoms with Crippen molar-refractivity contribution in [3.63, 3.8) is 0 Å². The maximum absolute atomic E-state index is 4.57. The zero-order chi connectivity index (χ0) is 13.5. The van der Waals surface area contributed by atoms with Gasteiger partial charge in [-0.2, -0.15) is 0 Å². The van der Waals surface area contributed by atoms with Crippen molar-refractivity contribution < 1.29 is 0 Å². The van der Waals surface area contributed by atoms with Crippen LogP contribution in [-0.2, 0) is 13.0 Å². The van der Waals surface area contributed by atoms with Gasteiger partial charge in [0.2, 0.25) is 0 Å². The first-order valence-electron chi connectivity index (χ1n) is 8.06. The molecule has 1 fully saturated rings. The van der Waals surface area contributed by atoms with Gasteiger partial charge in [0, 0.05) is 31.4 Å². The molecule has 2 unspecified atom stereocenters. The molecule has 108 valence electrons. The SMILES string of the molecule is CCCn1ccnc1CC1CCCCC(NCC)C1. The van der Waals surface area contributed by atoms with Crippen molar-refractivity contribution in [2.24, 2.45) is 5.92 Å². The second-order valence-corrected chi connectivity index (χ2v) is 5.88. The lowest BCUT2D eigenvalue weighted by atomic mass is 9.94. The van der Waals surface area contributed by atoms with Crippen molar-refractivity contribution in [3.05, 3.63) is 18.2 Å². The Bertz CT molecular complexity index is 359. The maximum Gasteiger partial charge on any atom is 0.108 e. The van der Waals surface area contributed by atoms with Crippen LogP contribution < -0.4 is 5.32 Å². The van der Waals surface area contributed by atoms with E-state index in [2.05, 4.69) is 34.9 Å². The van der Waals surface area contributed by atoms with Crippen LogP contribution in [0.1, 0.15) is 58.2 Å². The molecule has 19 heavy (non-hydrogen) atoms. The Balaban J connectivity index is 1.94. The number of hydrogen-bond acceptors (Lipinski definition) is 2. The van der Waals surface area contributed by atoms with Crippen LogP contribution in [0.4, 0.5) is 0 Å². The first-order chi connectivity index (χ1) is 9.33. The number of aromatic nitrogens is 2. The van der Waals surface area contributed by atoms with E-state index in [4.69, 9.17) is 0 Å². The fourth-order valence-electron chi connectivity index (χ4n) is 3.35. The van der Waals surface area contributed by atoms with Gasteiger partial charge in [-0.3, -0.25) is 0 Å². The molecular weight excluding hydrogens is 234 g/mol. The standard InChI is InChI=1S/C16H29N3/c1-3-10-19-11-9-18-16(19)13-14-7-5-6-8-15(12-14)17-4-2/h9,11,14-15,17H,3-8,10,12-13H2,1-2H3. The molecule has 3 nitrogen and oxygen atoms in total. The Hall–Kier alpha value is -0.830. The van der Waals surface area contributed by atoms with Gasteiger partial charge in [0.05, 0.1) is 0 Å². The molecule has 1 aliphatic carbocycles. The van der Waals surface area contributed by atoms with Gasteiger partial charge >= 0.3 is 0 Å². The molecule has 1 N–H and O–H groups in total. The third-order valence-electron chi connectivity index (χ3n) is 4.26. The molecule has 0 amide bonds. The zero-order valence-electron chi connectivity index (χ0n) is 12.6. The molecule has 0 bridgehead atoms. The summed E-state index contributed by atoms with van der Waals surface area (Å²) in [4.78, 5) is 4.57. The van der Waals surface area contributed by atoms with Gasteiger partial charge in [0.25, 0.3) is 0 Å². The van der Waals surface area contributed by atoms with Crippen LogP contribution in [0, 0.1) is 5.92 Å². The minimum atomic E-state index is 0.729. The highest BCUT2D eigenvalue weighted by molar-refractivity contribution is 4.95. The van der Waals surface area contributed by atoms with Crippen LogP contribution in [0.5, 0.6) is 0 Å². The normalized spacial score (nSPS) is 24.3.